The summed E-state index contributed by atoms with van der Waals surface area (Å²) in [5.74, 6) is 0.0224. The number of fused-ring (bicyclic) bond motifs is 1. The highest BCUT2D eigenvalue weighted by atomic mass is 16.2. The fourth-order valence-corrected chi connectivity index (χ4v) is 3.37. The van der Waals surface area contributed by atoms with Crippen molar-refractivity contribution in [1.29, 1.82) is 0 Å². The molecule has 1 aliphatic heterocycles. The average Bonchev–Trinajstić information content (AvgIpc) is 3.21. The van der Waals surface area contributed by atoms with E-state index in [4.69, 9.17) is 0 Å². The Bertz CT molecular complexity index is 902. The Hall–Kier alpha value is -2.99. The Labute approximate surface area is 152 Å². The maximum absolute atomic E-state index is 13.2. The number of carbonyl (C=O) groups is 1. The second kappa shape index (κ2) is 6.72. The Balaban J connectivity index is 1.64. The van der Waals surface area contributed by atoms with Crippen molar-refractivity contribution in [2.24, 2.45) is 0 Å². The third-order valence-corrected chi connectivity index (χ3v) is 4.91. The van der Waals surface area contributed by atoms with Gasteiger partial charge < -0.3 is 9.80 Å². The number of carbonyl (C=O) groups excluding carboxylic acids is 1. The third-order valence-electron chi connectivity index (χ3n) is 4.91. The van der Waals surface area contributed by atoms with Gasteiger partial charge in [-0.1, -0.05) is 23.4 Å². The van der Waals surface area contributed by atoms with Crippen LogP contribution in [0.2, 0.25) is 0 Å². The van der Waals surface area contributed by atoms with Crippen LogP contribution in [-0.2, 0) is 6.42 Å². The molecule has 0 bridgehead atoms. The number of benzene rings is 2. The van der Waals surface area contributed by atoms with Crippen molar-refractivity contribution in [1.82, 2.24) is 19.9 Å². The largest absolute Gasteiger partial charge is 0.307 e. The van der Waals surface area contributed by atoms with E-state index in [1.165, 1.54) is 5.56 Å². The second-order valence-corrected chi connectivity index (χ2v) is 6.76. The van der Waals surface area contributed by atoms with Crippen molar-refractivity contribution in [3.63, 3.8) is 0 Å². The van der Waals surface area contributed by atoms with E-state index in [1.54, 1.807) is 17.1 Å². The van der Waals surface area contributed by atoms with Gasteiger partial charge in [-0.05, 0) is 56.4 Å². The lowest BCUT2D eigenvalue weighted by atomic mass is 9.96. The highest BCUT2D eigenvalue weighted by molar-refractivity contribution is 6.07. The minimum absolute atomic E-state index is 0.0224. The van der Waals surface area contributed by atoms with Crippen molar-refractivity contribution >= 4 is 11.6 Å². The molecule has 4 rings (SSSR count). The van der Waals surface area contributed by atoms with Crippen molar-refractivity contribution in [3.8, 4) is 5.69 Å². The molecule has 1 aromatic heterocycles. The first-order valence-electron chi connectivity index (χ1n) is 8.66. The van der Waals surface area contributed by atoms with Crippen LogP contribution in [-0.4, -0.2) is 52.5 Å². The first-order valence-corrected chi connectivity index (χ1v) is 8.66. The first kappa shape index (κ1) is 16.5. The van der Waals surface area contributed by atoms with Crippen LogP contribution < -0.4 is 4.90 Å². The van der Waals surface area contributed by atoms with Crippen LogP contribution in [0.3, 0.4) is 0 Å². The van der Waals surface area contributed by atoms with Gasteiger partial charge in [-0.15, -0.1) is 5.10 Å². The van der Waals surface area contributed by atoms with E-state index >= 15 is 0 Å². The molecule has 1 amide bonds. The summed E-state index contributed by atoms with van der Waals surface area (Å²) in [4.78, 5) is 17.3. The quantitative estimate of drug-likeness (QED) is 0.730. The van der Waals surface area contributed by atoms with Crippen LogP contribution in [0.1, 0.15) is 15.9 Å². The zero-order valence-electron chi connectivity index (χ0n) is 14.9. The normalized spacial score (nSPS) is 16.6. The van der Waals surface area contributed by atoms with Gasteiger partial charge in [0.05, 0.1) is 18.1 Å². The predicted octanol–water partition coefficient (Wildman–Crippen LogP) is 2.40. The molecule has 0 spiro atoms. The lowest BCUT2D eigenvalue weighted by Crippen LogP contribution is -2.48. The molecule has 1 atom stereocenters. The van der Waals surface area contributed by atoms with Gasteiger partial charge in [0, 0.05) is 23.8 Å². The van der Waals surface area contributed by atoms with Gasteiger partial charge in [0.15, 0.2) is 0 Å². The molecule has 1 aliphatic rings. The smallest absolute Gasteiger partial charge is 0.258 e. The summed E-state index contributed by atoms with van der Waals surface area (Å²) in [7, 11) is 4.13. The van der Waals surface area contributed by atoms with Crippen molar-refractivity contribution in [3.05, 3.63) is 72.1 Å². The standard InChI is InChI=1S/C20H21N5O/c1-23(2)18-13-16-5-3-4-6-19(16)24(14-18)20(26)15-7-9-17(10-8-15)25-12-11-21-22-25/h3-12,18H,13-14H2,1-2H3/t18-/m0/s1. The van der Waals surface area contributed by atoms with Gasteiger partial charge in [-0.25, -0.2) is 4.68 Å². The lowest BCUT2D eigenvalue weighted by Gasteiger charge is -2.37. The number of hydrogen-bond donors (Lipinski definition) is 0. The number of amides is 1. The Morgan fingerprint density at radius 1 is 1.12 bits per heavy atom. The fourth-order valence-electron chi connectivity index (χ4n) is 3.37. The summed E-state index contributed by atoms with van der Waals surface area (Å²) < 4.78 is 1.67. The molecule has 0 saturated carbocycles. The number of para-hydroxylation sites is 1. The van der Waals surface area contributed by atoms with E-state index in [9.17, 15) is 4.79 Å². The molecule has 0 N–H and O–H groups in total. The molecule has 0 aliphatic carbocycles. The number of anilines is 1. The van der Waals surface area contributed by atoms with Crippen molar-refractivity contribution in [2.45, 2.75) is 12.5 Å². The van der Waals surface area contributed by atoms with Gasteiger partial charge in [-0.3, -0.25) is 4.79 Å². The first-order chi connectivity index (χ1) is 12.6. The molecule has 0 unspecified atom stereocenters. The summed E-state index contributed by atoms with van der Waals surface area (Å²) >= 11 is 0. The SMILES string of the molecule is CN(C)[C@H]1Cc2ccccc2N(C(=O)c2ccc(-n3ccnn3)cc2)C1. The van der Waals surface area contributed by atoms with Crippen molar-refractivity contribution < 1.29 is 4.79 Å². The van der Waals surface area contributed by atoms with Crippen LogP contribution in [0.5, 0.6) is 0 Å². The minimum Gasteiger partial charge on any atom is -0.307 e. The molecular weight excluding hydrogens is 326 g/mol. The monoisotopic (exact) mass is 347 g/mol. The zero-order chi connectivity index (χ0) is 18.1. The number of nitrogens with zero attached hydrogens (tertiary/aromatic N) is 5. The van der Waals surface area contributed by atoms with E-state index in [0.717, 1.165) is 17.8 Å². The number of hydrogen-bond acceptors (Lipinski definition) is 4. The average molecular weight is 347 g/mol. The van der Waals surface area contributed by atoms with Crippen LogP contribution >= 0.6 is 0 Å². The molecule has 2 heterocycles. The molecule has 0 radical (unpaired) electrons. The van der Waals surface area contributed by atoms with Crippen LogP contribution in [0, 0.1) is 0 Å². The number of likely N-dealkylation sites (N-methyl/N-ethyl adjacent to an activating group) is 1. The van der Waals surface area contributed by atoms with E-state index in [1.807, 2.05) is 47.4 Å². The Morgan fingerprint density at radius 2 is 1.88 bits per heavy atom. The molecule has 6 heteroatoms. The Morgan fingerprint density at radius 3 is 2.58 bits per heavy atom. The molecule has 3 aromatic rings. The van der Waals surface area contributed by atoms with E-state index < -0.39 is 0 Å². The minimum atomic E-state index is 0.0224. The van der Waals surface area contributed by atoms with Crippen LogP contribution in [0.4, 0.5) is 5.69 Å². The molecule has 0 saturated heterocycles. The summed E-state index contributed by atoms with van der Waals surface area (Å²) in [5, 5.41) is 7.79. The maximum atomic E-state index is 13.2. The van der Waals surface area contributed by atoms with Crippen LogP contribution in [0.15, 0.2) is 60.9 Å². The maximum Gasteiger partial charge on any atom is 0.258 e. The molecule has 0 fully saturated rings. The molecular formula is C20H21N5O. The summed E-state index contributed by atoms with van der Waals surface area (Å²) in [5.41, 5.74) is 3.77. The van der Waals surface area contributed by atoms with E-state index in [0.29, 0.717) is 18.2 Å². The molecule has 26 heavy (non-hydrogen) atoms. The highest BCUT2D eigenvalue weighted by Gasteiger charge is 2.29. The molecule has 132 valence electrons. The number of rotatable bonds is 3. The highest BCUT2D eigenvalue weighted by Crippen LogP contribution is 2.29. The fraction of sp³-hybridized carbons (Fsp3) is 0.250. The predicted molar refractivity (Wildman–Crippen MR) is 101 cm³/mol. The van der Waals surface area contributed by atoms with E-state index in [2.05, 4.69) is 35.4 Å². The zero-order valence-corrected chi connectivity index (χ0v) is 14.9. The summed E-state index contributed by atoms with van der Waals surface area (Å²) in [6.07, 6.45) is 4.36. The number of aromatic nitrogens is 3. The lowest BCUT2D eigenvalue weighted by molar-refractivity contribution is 0.0976. The van der Waals surface area contributed by atoms with Gasteiger partial charge in [-0.2, -0.15) is 0 Å². The third kappa shape index (κ3) is 2.99. The topological polar surface area (TPSA) is 54.3 Å². The van der Waals surface area contributed by atoms with Gasteiger partial charge in [0.1, 0.15) is 0 Å². The van der Waals surface area contributed by atoms with Gasteiger partial charge in [0.2, 0.25) is 0 Å². The molecule has 2 aromatic carbocycles. The second-order valence-electron chi connectivity index (χ2n) is 6.76. The van der Waals surface area contributed by atoms with E-state index in [-0.39, 0.29) is 5.91 Å². The Kier molecular flexibility index (Phi) is 4.26. The van der Waals surface area contributed by atoms with Crippen LogP contribution in [0.25, 0.3) is 5.69 Å². The summed E-state index contributed by atoms with van der Waals surface area (Å²) in [6.45, 7) is 0.688. The van der Waals surface area contributed by atoms with Crippen molar-refractivity contribution in [2.75, 3.05) is 25.5 Å². The summed E-state index contributed by atoms with van der Waals surface area (Å²) in [6, 6.07) is 15.9. The van der Waals surface area contributed by atoms with Gasteiger partial charge >= 0.3 is 0 Å². The molecule has 6 nitrogen and oxygen atoms in total. The van der Waals surface area contributed by atoms with Gasteiger partial charge in [0.25, 0.3) is 5.91 Å².